The van der Waals surface area contributed by atoms with Crippen molar-refractivity contribution in [3.05, 3.63) is 58.5 Å². The molecular weight excluding hydrogens is 377 g/mol. The molecule has 1 aromatic carbocycles. The fraction of sp³-hybridized carbons (Fsp3) is 0.500. The van der Waals surface area contributed by atoms with Crippen LogP contribution in [0.15, 0.2) is 41.8 Å². The molecule has 0 radical (unpaired) electrons. The third-order valence-corrected chi connectivity index (χ3v) is 6.04. The lowest BCUT2D eigenvalue weighted by molar-refractivity contribution is -0.131. The molecule has 0 aromatic heterocycles. The molecule has 2 rings (SSSR count). The van der Waals surface area contributed by atoms with E-state index in [1.165, 1.54) is 23.3 Å². The smallest absolute Gasteiger partial charge is 0.328 e. The maximum Gasteiger partial charge on any atom is 0.328 e. The van der Waals surface area contributed by atoms with Crippen LogP contribution in [0.3, 0.4) is 0 Å². The van der Waals surface area contributed by atoms with Crippen LogP contribution in [0, 0.1) is 0 Å². The molecule has 0 aliphatic carbocycles. The molecule has 0 bridgehead atoms. The van der Waals surface area contributed by atoms with Gasteiger partial charge in [-0.2, -0.15) is 0 Å². The SMILES string of the molecule is CCC(=C(F)C=CC(C)=CC(=O)O)c1cc(C(C)C)cc2c1N(CC)CCC2(C)C. The molecule has 1 heterocycles. The Morgan fingerprint density at radius 1 is 1.27 bits per heavy atom. The number of benzene rings is 1. The summed E-state index contributed by atoms with van der Waals surface area (Å²) < 4.78 is 15.4. The molecule has 0 saturated heterocycles. The van der Waals surface area contributed by atoms with Gasteiger partial charge in [-0.05, 0) is 72.4 Å². The summed E-state index contributed by atoms with van der Waals surface area (Å²) in [5.41, 5.74) is 5.84. The molecule has 0 unspecified atom stereocenters. The topological polar surface area (TPSA) is 40.5 Å². The zero-order valence-corrected chi connectivity index (χ0v) is 19.5. The van der Waals surface area contributed by atoms with E-state index in [9.17, 15) is 4.79 Å². The summed E-state index contributed by atoms with van der Waals surface area (Å²) in [6, 6.07) is 4.46. The highest BCUT2D eigenvalue weighted by Gasteiger charge is 2.34. The third-order valence-electron chi connectivity index (χ3n) is 6.04. The number of carboxylic acids is 1. The largest absolute Gasteiger partial charge is 0.478 e. The van der Waals surface area contributed by atoms with Gasteiger partial charge in [0.1, 0.15) is 5.83 Å². The first kappa shape index (κ1) is 23.9. The molecular formula is C26H36FNO2. The van der Waals surface area contributed by atoms with E-state index in [0.29, 0.717) is 23.5 Å². The molecule has 0 atom stereocenters. The lowest BCUT2D eigenvalue weighted by atomic mass is 9.74. The van der Waals surface area contributed by atoms with Crippen molar-refractivity contribution in [2.45, 2.75) is 72.6 Å². The Hall–Kier alpha value is -2.36. The van der Waals surface area contributed by atoms with Gasteiger partial charge in [0.2, 0.25) is 0 Å². The highest BCUT2D eigenvalue weighted by atomic mass is 19.1. The zero-order valence-electron chi connectivity index (χ0n) is 19.5. The summed E-state index contributed by atoms with van der Waals surface area (Å²) >= 11 is 0. The van der Waals surface area contributed by atoms with Crippen molar-refractivity contribution in [3.63, 3.8) is 0 Å². The predicted molar refractivity (Wildman–Crippen MR) is 125 cm³/mol. The lowest BCUT2D eigenvalue weighted by Crippen LogP contribution is -2.38. The number of allylic oxidation sites excluding steroid dienone is 5. The number of carboxylic acid groups (broad SMARTS) is 1. The number of aliphatic carboxylic acids is 1. The lowest BCUT2D eigenvalue weighted by Gasteiger charge is -2.42. The molecule has 1 aromatic rings. The van der Waals surface area contributed by atoms with Crippen LogP contribution < -0.4 is 4.90 Å². The van der Waals surface area contributed by atoms with Gasteiger partial charge < -0.3 is 10.0 Å². The van der Waals surface area contributed by atoms with Gasteiger partial charge in [0.25, 0.3) is 0 Å². The van der Waals surface area contributed by atoms with Gasteiger partial charge in [-0.25, -0.2) is 9.18 Å². The minimum atomic E-state index is -1.03. The summed E-state index contributed by atoms with van der Waals surface area (Å²) in [6.07, 6.45) is 5.63. The van der Waals surface area contributed by atoms with Crippen molar-refractivity contribution >= 4 is 17.2 Å². The van der Waals surface area contributed by atoms with E-state index in [-0.39, 0.29) is 11.2 Å². The Bertz CT molecular complexity index is 891. The molecule has 1 aliphatic heterocycles. The van der Waals surface area contributed by atoms with Crippen LogP contribution in [-0.2, 0) is 10.2 Å². The molecule has 0 saturated carbocycles. The molecule has 0 amide bonds. The van der Waals surface area contributed by atoms with Gasteiger partial charge in [-0.1, -0.05) is 46.8 Å². The van der Waals surface area contributed by atoms with Crippen molar-refractivity contribution in [2.75, 3.05) is 18.0 Å². The van der Waals surface area contributed by atoms with Crippen LogP contribution in [0.1, 0.15) is 83.9 Å². The van der Waals surface area contributed by atoms with Gasteiger partial charge in [-0.15, -0.1) is 0 Å². The molecule has 0 spiro atoms. The number of fused-ring (bicyclic) bond motifs is 1. The molecule has 4 heteroatoms. The minimum Gasteiger partial charge on any atom is -0.478 e. The van der Waals surface area contributed by atoms with E-state index in [0.717, 1.165) is 36.8 Å². The summed E-state index contributed by atoms with van der Waals surface area (Å²) in [5.74, 6) is -0.991. The van der Waals surface area contributed by atoms with E-state index in [1.807, 2.05) is 6.92 Å². The number of carbonyl (C=O) groups is 1. The first-order valence-electron chi connectivity index (χ1n) is 10.9. The van der Waals surface area contributed by atoms with Gasteiger partial charge in [0.15, 0.2) is 0 Å². The van der Waals surface area contributed by atoms with E-state index in [1.54, 1.807) is 6.92 Å². The molecule has 30 heavy (non-hydrogen) atoms. The second kappa shape index (κ2) is 9.63. The van der Waals surface area contributed by atoms with Crippen LogP contribution in [0.25, 0.3) is 5.57 Å². The molecule has 1 aliphatic rings. The number of halogens is 1. The average molecular weight is 414 g/mol. The van der Waals surface area contributed by atoms with Crippen LogP contribution in [-0.4, -0.2) is 24.2 Å². The van der Waals surface area contributed by atoms with Crippen molar-refractivity contribution < 1.29 is 14.3 Å². The molecule has 164 valence electrons. The van der Waals surface area contributed by atoms with Gasteiger partial charge >= 0.3 is 5.97 Å². The van der Waals surface area contributed by atoms with Gasteiger partial charge in [0, 0.05) is 30.4 Å². The van der Waals surface area contributed by atoms with Gasteiger partial charge in [-0.3, -0.25) is 0 Å². The first-order valence-corrected chi connectivity index (χ1v) is 10.9. The number of hydrogen-bond donors (Lipinski definition) is 1. The van der Waals surface area contributed by atoms with Crippen LogP contribution in [0.2, 0.25) is 0 Å². The Morgan fingerprint density at radius 3 is 2.47 bits per heavy atom. The highest BCUT2D eigenvalue weighted by molar-refractivity contribution is 5.83. The number of anilines is 1. The van der Waals surface area contributed by atoms with Crippen molar-refractivity contribution in [1.82, 2.24) is 0 Å². The monoisotopic (exact) mass is 413 g/mol. The summed E-state index contributed by atoms with van der Waals surface area (Å²) in [7, 11) is 0. The number of rotatable bonds is 7. The van der Waals surface area contributed by atoms with E-state index in [4.69, 9.17) is 5.11 Å². The van der Waals surface area contributed by atoms with Crippen molar-refractivity contribution in [1.29, 1.82) is 0 Å². The number of nitrogens with zero attached hydrogens (tertiary/aromatic N) is 1. The minimum absolute atomic E-state index is 0.0344. The summed E-state index contributed by atoms with van der Waals surface area (Å²) in [4.78, 5) is 13.2. The van der Waals surface area contributed by atoms with Crippen LogP contribution in [0.5, 0.6) is 0 Å². The third kappa shape index (κ3) is 5.21. The van der Waals surface area contributed by atoms with E-state index in [2.05, 4.69) is 51.7 Å². The second-order valence-corrected chi connectivity index (χ2v) is 9.07. The number of hydrogen-bond acceptors (Lipinski definition) is 2. The maximum absolute atomic E-state index is 15.4. The van der Waals surface area contributed by atoms with Crippen molar-refractivity contribution in [2.24, 2.45) is 0 Å². The fourth-order valence-corrected chi connectivity index (χ4v) is 4.09. The molecule has 0 fully saturated rings. The second-order valence-electron chi connectivity index (χ2n) is 9.07. The Balaban J connectivity index is 2.75. The summed E-state index contributed by atoms with van der Waals surface area (Å²) in [6.45, 7) is 16.5. The predicted octanol–water partition coefficient (Wildman–Crippen LogP) is 7.00. The molecule has 1 N–H and O–H groups in total. The van der Waals surface area contributed by atoms with E-state index >= 15 is 4.39 Å². The van der Waals surface area contributed by atoms with Gasteiger partial charge in [0.05, 0.1) is 0 Å². The maximum atomic E-state index is 15.4. The highest BCUT2D eigenvalue weighted by Crippen LogP contribution is 2.46. The quantitative estimate of drug-likeness (QED) is 0.387. The normalized spacial score (nSPS) is 17.4. The van der Waals surface area contributed by atoms with Crippen molar-refractivity contribution in [3.8, 4) is 0 Å². The standard InChI is InChI=1S/C26H36FNO2/c1-8-20(23(27)11-10-18(5)14-24(29)30)21-15-19(17(3)4)16-22-25(21)28(9-2)13-12-26(22,6)7/h10-11,14-17H,8-9,12-13H2,1-7H3,(H,29,30). The van der Waals surface area contributed by atoms with Crippen LogP contribution >= 0.6 is 0 Å². The zero-order chi connectivity index (χ0) is 22.6. The Kier molecular flexibility index (Phi) is 7.68. The Labute approximate surface area is 181 Å². The summed E-state index contributed by atoms with van der Waals surface area (Å²) in [5, 5.41) is 8.88. The van der Waals surface area contributed by atoms with Crippen LogP contribution in [0.4, 0.5) is 10.1 Å². The average Bonchev–Trinajstić information content (AvgIpc) is 2.66. The molecule has 3 nitrogen and oxygen atoms in total. The Morgan fingerprint density at radius 2 is 1.93 bits per heavy atom. The van der Waals surface area contributed by atoms with E-state index < -0.39 is 5.97 Å². The fourth-order valence-electron chi connectivity index (χ4n) is 4.09. The first-order chi connectivity index (χ1) is 14.0.